The van der Waals surface area contributed by atoms with Crippen LogP contribution in [0.3, 0.4) is 0 Å². The SMILES string of the molecule is CCCOc1c(OCC)cc(/C=N\n2c(CCC)n[nH]c2=S)cc1[N+](=O)[O-]. The highest BCUT2D eigenvalue weighted by Crippen LogP contribution is 2.38. The molecule has 0 aliphatic carbocycles. The first-order valence-electron chi connectivity index (χ1n) is 8.80. The summed E-state index contributed by atoms with van der Waals surface area (Å²) in [6.07, 6.45) is 3.81. The predicted molar refractivity (Wildman–Crippen MR) is 104 cm³/mol. The third-order valence-electron chi connectivity index (χ3n) is 3.52. The van der Waals surface area contributed by atoms with Crippen molar-refractivity contribution in [3.63, 3.8) is 0 Å². The molecule has 0 atom stereocenters. The van der Waals surface area contributed by atoms with Gasteiger partial charge in [0.25, 0.3) is 0 Å². The minimum absolute atomic E-state index is 0.132. The third kappa shape index (κ3) is 5.13. The largest absolute Gasteiger partial charge is 0.490 e. The molecule has 1 N–H and O–H groups in total. The summed E-state index contributed by atoms with van der Waals surface area (Å²) in [7, 11) is 0. The number of hydrogen-bond acceptors (Lipinski definition) is 7. The van der Waals surface area contributed by atoms with Crippen molar-refractivity contribution in [1.82, 2.24) is 14.9 Å². The maximum atomic E-state index is 11.5. The van der Waals surface area contributed by atoms with Gasteiger partial charge in [0.1, 0.15) is 0 Å². The first kappa shape index (κ1) is 20.6. The number of H-pyrrole nitrogens is 1. The maximum Gasteiger partial charge on any atom is 0.315 e. The number of aromatic nitrogens is 3. The number of nitro groups is 1. The van der Waals surface area contributed by atoms with Gasteiger partial charge in [-0.15, -0.1) is 0 Å². The number of hydrogen-bond donors (Lipinski definition) is 1. The van der Waals surface area contributed by atoms with Crippen molar-refractivity contribution >= 4 is 24.1 Å². The Bertz CT molecular complexity index is 875. The summed E-state index contributed by atoms with van der Waals surface area (Å²) in [6, 6.07) is 3.06. The maximum absolute atomic E-state index is 11.5. The van der Waals surface area contributed by atoms with Crippen molar-refractivity contribution in [1.29, 1.82) is 0 Å². The molecule has 0 bridgehead atoms. The van der Waals surface area contributed by atoms with Crippen LogP contribution in [0.25, 0.3) is 0 Å². The summed E-state index contributed by atoms with van der Waals surface area (Å²) < 4.78 is 13.0. The van der Waals surface area contributed by atoms with Crippen LogP contribution in [0.4, 0.5) is 5.69 Å². The van der Waals surface area contributed by atoms with E-state index in [1.165, 1.54) is 17.0 Å². The van der Waals surface area contributed by atoms with Gasteiger partial charge in [0.05, 0.1) is 24.4 Å². The Morgan fingerprint density at radius 2 is 2.11 bits per heavy atom. The Morgan fingerprint density at radius 3 is 2.74 bits per heavy atom. The van der Waals surface area contributed by atoms with Crippen molar-refractivity contribution in [2.45, 2.75) is 40.0 Å². The van der Waals surface area contributed by atoms with Gasteiger partial charge in [-0.2, -0.15) is 14.9 Å². The van der Waals surface area contributed by atoms with E-state index in [1.54, 1.807) is 13.0 Å². The van der Waals surface area contributed by atoms with E-state index in [4.69, 9.17) is 21.7 Å². The molecule has 0 radical (unpaired) electrons. The lowest BCUT2D eigenvalue weighted by Crippen LogP contribution is -2.05. The fourth-order valence-corrected chi connectivity index (χ4v) is 2.58. The van der Waals surface area contributed by atoms with Crippen molar-refractivity contribution < 1.29 is 14.4 Å². The molecule has 0 fully saturated rings. The van der Waals surface area contributed by atoms with Crippen LogP contribution in [0.1, 0.15) is 45.0 Å². The summed E-state index contributed by atoms with van der Waals surface area (Å²) in [6.45, 7) is 6.47. The number of nitrogens with one attached hydrogen (secondary N) is 1. The smallest absolute Gasteiger partial charge is 0.315 e. The quantitative estimate of drug-likeness (QED) is 0.284. The van der Waals surface area contributed by atoms with E-state index in [9.17, 15) is 10.1 Å². The van der Waals surface area contributed by atoms with E-state index in [0.717, 1.165) is 12.8 Å². The van der Waals surface area contributed by atoms with E-state index < -0.39 is 4.92 Å². The molecule has 0 amide bonds. The van der Waals surface area contributed by atoms with Crippen LogP contribution in [0.5, 0.6) is 11.5 Å². The lowest BCUT2D eigenvalue weighted by atomic mass is 10.2. The zero-order chi connectivity index (χ0) is 19.8. The fourth-order valence-electron chi connectivity index (χ4n) is 2.38. The zero-order valence-corrected chi connectivity index (χ0v) is 16.4. The zero-order valence-electron chi connectivity index (χ0n) is 15.6. The molecule has 2 aromatic rings. The number of rotatable bonds is 10. The summed E-state index contributed by atoms with van der Waals surface area (Å²) in [5, 5.41) is 22.7. The summed E-state index contributed by atoms with van der Waals surface area (Å²) in [4.78, 5) is 11.0. The van der Waals surface area contributed by atoms with Gasteiger partial charge in [-0.25, -0.2) is 0 Å². The normalized spacial score (nSPS) is 11.1. The molecule has 27 heavy (non-hydrogen) atoms. The first-order valence-corrected chi connectivity index (χ1v) is 9.21. The van der Waals surface area contributed by atoms with Crippen molar-refractivity contribution in [2.24, 2.45) is 5.10 Å². The van der Waals surface area contributed by atoms with Gasteiger partial charge in [-0.1, -0.05) is 13.8 Å². The number of nitrogens with zero attached hydrogens (tertiary/aromatic N) is 4. The van der Waals surface area contributed by atoms with Gasteiger partial charge in [-0.05, 0) is 38.0 Å². The first-order chi connectivity index (χ1) is 13.0. The minimum Gasteiger partial charge on any atom is -0.490 e. The minimum atomic E-state index is -0.489. The molecule has 0 saturated heterocycles. The number of nitro benzene ring substituents is 1. The molecule has 0 saturated carbocycles. The summed E-state index contributed by atoms with van der Waals surface area (Å²) in [5.41, 5.74) is 0.333. The van der Waals surface area contributed by atoms with Gasteiger partial charge in [-0.3, -0.25) is 15.2 Å². The highest BCUT2D eigenvalue weighted by Gasteiger charge is 2.22. The highest BCUT2D eigenvalue weighted by molar-refractivity contribution is 7.71. The van der Waals surface area contributed by atoms with Crippen molar-refractivity contribution in [2.75, 3.05) is 13.2 Å². The molecule has 1 aromatic carbocycles. The van der Waals surface area contributed by atoms with Crippen LogP contribution >= 0.6 is 12.2 Å². The average molecular weight is 393 g/mol. The van der Waals surface area contributed by atoms with Crippen molar-refractivity contribution in [3.05, 3.63) is 38.4 Å². The predicted octanol–water partition coefficient (Wildman–Crippen LogP) is 3.87. The summed E-state index contributed by atoms with van der Waals surface area (Å²) in [5.74, 6) is 1.14. The van der Waals surface area contributed by atoms with E-state index in [0.29, 0.717) is 41.5 Å². The number of aryl methyl sites for hydroxylation is 1. The number of benzene rings is 1. The number of ether oxygens (including phenoxy) is 2. The molecule has 1 heterocycles. The Morgan fingerprint density at radius 1 is 1.33 bits per heavy atom. The Balaban J connectivity index is 2.46. The molecule has 0 unspecified atom stereocenters. The monoisotopic (exact) mass is 393 g/mol. The second-order valence-electron chi connectivity index (χ2n) is 5.66. The van der Waals surface area contributed by atoms with E-state index in [-0.39, 0.29) is 11.4 Å². The average Bonchev–Trinajstić information content (AvgIpc) is 2.98. The highest BCUT2D eigenvalue weighted by atomic mass is 32.1. The second-order valence-corrected chi connectivity index (χ2v) is 6.04. The van der Waals surface area contributed by atoms with Crippen LogP contribution in [0.15, 0.2) is 17.2 Å². The molecule has 146 valence electrons. The van der Waals surface area contributed by atoms with Crippen LogP contribution in [0, 0.1) is 14.9 Å². The number of aromatic amines is 1. The molecule has 1 aromatic heterocycles. The Labute approximate surface area is 162 Å². The van der Waals surface area contributed by atoms with Gasteiger partial charge >= 0.3 is 5.69 Å². The molecule has 0 spiro atoms. The molecule has 0 aliphatic heterocycles. The van der Waals surface area contributed by atoms with Gasteiger partial charge in [0.15, 0.2) is 11.6 Å². The second kappa shape index (κ2) is 9.81. The van der Waals surface area contributed by atoms with Gasteiger partial charge < -0.3 is 9.47 Å². The lowest BCUT2D eigenvalue weighted by Gasteiger charge is -2.12. The Hall–Kier alpha value is -2.75. The third-order valence-corrected chi connectivity index (χ3v) is 3.78. The van der Waals surface area contributed by atoms with Crippen LogP contribution < -0.4 is 9.47 Å². The van der Waals surface area contributed by atoms with Gasteiger partial charge in [0, 0.05) is 18.1 Å². The lowest BCUT2D eigenvalue weighted by molar-refractivity contribution is -0.386. The molecule has 0 aliphatic rings. The molecule has 10 heteroatoms. The van der Waals surface area contributed by atoms with Crippen molar-refractivity contribution in [3.8, 4) is 11.5 Å². The Kier molecular flexibility index (Phi) is 7.47. The van der Waals surface area contributed by atoms with E-state index in [2.05, 4.69) is 15.3 Å². The van der Waals surface area contributed by atoms with Crippen LogP contribution in [-0.2, 0) is 6.42 Å². The van der Waals surface area contributed by atoms with Gasteiger partial charge in [0.2, 0.25) is 10.5 Å². The standard InChI is InChI=1S/C17H23N5O4S/c1-4-7-15-19-20-17(27)21(15)18-11-12-9-13(22(23)24)16(26-8-5-2)14(10-12)25-6-3/h9-11H,4-8H2,1-3H3,(H,20,27)/b18-11-. The van der Waals surface area contributed by atoms with E-state index in [1.807, 2.05) is 13.8 Å². The van der Waals surface area contributed by atoms with Crippen LogP contribution in [-0.4, -0.2) is 39.2 Å². The molecular weight excluding hydrogens is 370 g/mol. The molecule has 2 rings (SSSR count). The van der Waals surface area contributed by atoms with Crippen LogP contribution in [0.2, 0.25) is 0 Å². The summed E-state index contributed by atoms with van der Waals surface area (Å²) >= 11 is 5.18. The topological polar surface area (TPSA) is 108 Å². The fraction of sp³-hybridized carbons (Fsp3) is 0.471. The van der Waals surface area contributed by atoms with E-state index >= 15 is 0 Å². The molecule has 9 nitrogen and oxygen atoms in total. The molecular formula is C17H23N5O4S.